The number of urea groups is 1. The van der Waals surface area contributed by atoms with Crippen molar-refractivity contribution in [1.82, 2.24) is 10.2 Å². The van der Waals surface area contributed by atoms with Crippen molar-refractivity contribution in [3.63, 3.8) is 0 Å². The van der Waals surface area contributed by atoms with Crippen molar-refractivity contribution in [3.8, 4) is 0 Å². The predicted molar refractivity (Wildman–Crippen MR) is 73.5 cm³/mol. The molecule has 0 aromatic carbocycles. The first kappa shape index (κ1) is 19.0. The lowest BCUT2D eigenvalue weighted by Gasteiger charge is -2.31. The number of hydrogen-bond donors (Lipinski definition) is 4. The van der Waals surface area contributed by atoms with Crippen LogP contribution in [0.3, 0.4) is 0 Å². The molecule has 0 spiro atoms. The highest BCUT2D eigenvalue weighted by Gasteiger charge is 2.41. The Morgan fingerprint density at radius 3 is 2.50 bits per heavy atom. The number of amides is 3. The van der Waals surface area contributed by atoms with Gasteiger partial charge in [-0.3, -0.25) is 19.5 Å². The second-order valence-electron chi connectivity index (χ2n) is 5.21. The van der Waals surface area contributed by atoms with Gasteiger partial charge in [-0.2, -0.15) is 0 Å². The Kier molecular flexibility index (Phi) is 6.48. The molecule has 1 heterocycles. The van der Waals surface area contributed by atoms with Gasteiger partial charge in [-0.15, -0.1) is 0 Å². The molecule has 0 radical (unpaired) electrons. The van der Waals surface area contributed by atoms with E-state index in [1.165, 1.54) is 11.8 Å². The summed E-state index contributed by atoms with van der Waals surface area (Å²) in [6.45, 7) is 4.09. The summed E-state index contributed by atoms with van der Waals surface area (Å²) in [5, 5.41) is 12.0. The summed E-state index contributed by atoms with van der Waals surface area (Å²) in [4.78, 5) is 41.5. The molecule has 1 aliphatic rings. The smallest absolute Gasteiger partial charge is 0.390 e. The molecular weight excluding hydrogens is 319 g/mol. The van der Waals surface area contributed by atoms with Crippen LogP contribution in [0.4, 0.5) is 4.79 Å². The summed E-state index contributed by atoms with van der Waals surface area (Å²) in [5.41, 5.74) is 0. The van der Waals surface area contributed by atoms with Gasteiger partial charge >= 0.3 is 13.9 Å². The minimum absolute atomic E-state index is 0.0404. The van der Waals surface area contributed by atoms with Gasteiger partial charge in [-0.05, 0) is 13.8 Å². The topological polar surface area (TPSA) is 146 Å². The first-order valence-electron chi connectivity index (χ1n) is 6.64. The summed E-state index contributed by atoms with van der Waals surface area (Å²) in [6, 6.07) is -0.991. The molecule has 1 aliphatic heterocycles. The molecule has 3 amide bonds. The van der Waals surface area contributed by atoms with Gasteiger partial charge in [0.25, 0.3) is 0 Å². The normalized spacial score (nSPS) is 25.3. The van der Waals surface area contributed by atoms with E-state index in [0.29, 0.717) is 0 Å². The number of carbonyl (C=O) groups is 2. The Labute approximate surface area is 127 Å². The molecule has 0 aromatic rings. The Hall–Kier alpha value is -1.03. The van der Waals surface area contributed by atoms with Crippen molar-refractivity contribution >= 4 is 19.8 Å². The third-order valence-corrected chi connectivity index (χ3v) is 3.48. The second-order valence-corrected chi connectivity index (χ2v) is 6.45. The number of carbonyl (C=O) groups excluding carboxylic acids is 2. The van der Waals surface area contributed by atoms with Crippen molar-refractivity contribution in [1.29, 1.82) is 0 Å². The number of aliphatic hydroxyl groups excluding tert-OH is 1. The number of phosphoric ester groups is 1. The maximum absolute atomic E-state index is 12.0. The molecule has 0 bridgehead atoms. The molecule has 3 atom stereocenters. The summed E-state index contributed by atoms with van der Waals surface area (Å²) in [5.74, 6) is -0.532. The Morgan fingerprint density at radius 1 is 1.45 bits per heavy atom. The van der Waals surface area contributed by atoms with Crippen molar-refractivity contribution in [2.24, 2.45) is 0 Å². The van der Waals surface area contributed by atoms with E-state index >= 15 is 0 Å². The fraction of sp³-hybridized carbons (Fsp3) is 0.818. The number of phosphoric acid groups is 1. The van der Waals surface area contributed by atoms with Gasteiger partial charge in [-0.25, -0.2) is 9.36 Å². The van der Waals surface area contributed by atoms with Crippen molar-refractivity contribution in [2.75, 3.05) is 6.61 Å². The van der Waals surface area contributed by atoms with Crippen LogP contribution in [-0.4, -0.2) is 62.8 Å². The van der Waals surface area contributed by atoms with E-state index in [1.807, 2.05) is 0 Å². The molecule has 0 aliphatic carbocycles. The molecular formula is C11H21N2O8P. The molecule has 0 aromatic heterocycles. The highest BCUT2D eigenvalue weighted by molar-refractivity contribution is 7.46. The van der Waals surface area contributed by atoms with Gasteiger partial charge in [-0.1, -0.05) is 0 Å². The fourth-order valence-corrected chi connectivity index (χ4v) is 2.46. The van der Waals surface area contributed by atoms with Crippen LogP contribution in [-0.2, 0) is 18.6 Å². The number of rotatable bonds is 5. The first-order chi connectivity index (χ1) is 10.0. The number of nitrogens with zero attached hydrogens (tertiary/aromatic N) is 1. The minimum Gasteiger partial charge on any atom is -0.390 e. The average Bonchev–Trinajstić information content (AvgIpc) is 2.65. The first-order valence-corrected chi connectivity index (χ1v) is 8.17. The monoisotopic (exact) mass is 340 g/mol. The van der Waals surface area contributed by atoms with Crippen LogP contribution < -0.4 is 5.32 Å². The molecule has 1 saturated heterocycles. The van der Waals surface area contributed by atoms with E-state index in [1.54, 1.807) is 13.8 Å². The third kappa shape index (κ3) is 5.64. The minimum atomic E-state index is -4.67. The van der Waals surface area contributed by atoms with Crippen LogP contribution in [0.5, 0.6) is 0 Å². The highest BCUT2D eigenvalue weighted by Crippen LogP contribution is 2.37. The van der Waals surface area contributed by atoms with E-state index in [9.17, 15) is 19.3 Å². The lowest BCUT2D eigenvalue weighted by atomic mass is 10.2. The zero-order chi connectivity index (χ0) is 17.1. The molecule has 11 heteroatoms. The van der Waals surface area contributed by atoms with Gasteiger partial charge < -0.3 is 19.6 Å². The fourth-order valence-electron chi connectivity index (χ4n) is 2.12. The lowest BCUT2D eigenvalue weighted by Crippen LogP contribution is -2.51. The van der Waals surface area contributed by atoms with E-state index in [4.69, 9.17) is 14.5 Å². The maximum Gasteiger partial charge on any atom is 0.469 e. The predicted octanol–water partition coefficient (Wildman–Crippen LogP) is -0.462. The lowest BCUT2D eigenvalue weighted by molar-refractivity contribution is -0.118. The number of hydrogen-bond acceptors (Lipinski definition) is 6. The van der Waals surface area contributed by atoms with Crippen LogP contribution >= 0.6 is 7.82 Å². The van der Waals surface area contributed by atoms with Crippen LogP contribution in [0.2, 0.25) is 0 Å². The largest absolute Gasteiger partial charge is 0.469 e. The Bertz CT molecular complexity index is 465. The van der Waals surface area contributed by atoms with Gasteiger partial charge in [0.2, 0.25) is 5.91 Å². The van der Waals surface area contributed by atoms with Crippen LogP contribution in [0.15, 0.2) is 0 Å². The molecule has 10 nitrogen and oxygen atoms in total. The number of ether oxygens (including phenoxy) is 1. The zero-order valence-corrected chi connectivity index (χ0v) is 13.4. The van der Waals surface area contributed by atoms with Gasteiger partial charge in [0, 0.05) is 19.4 Å². The number of imide groups is 1. The SMILES string of the molecule is CC(=O)NC(=O)N(C(C)C)[C@H]1CC(O)[C@@H](COP(=O)(O)O)O1. The quantitative estimate of drug-likeness (QED) is 0.492. The summed E-state index contributed by atoms with van der Waals surface area (Å²) in [7, 11) is -4.67. The van der Waals surface area contributed by atoms with Gasteiger partial charge in [0.05, 0.1) is 12.7 Å². The molecule has 1 fully saturated rings. The van der Waals surface area contributed by atoms with E-state index in [2.05, 4.69) is 9.84 Å². The van der Waals surface area contributed by atoms with E-state index < -0.39 is 44.8 Å². The van der Waals surface area contributed by atoms with Crippen LogP contribution in [0.25, 0.3) is 0 Å². The Balaban J connectivity index is 2.72. The second kappa shape index (κ2) is 7.49. The highest BCUT2D eigenvalue weighted by atomic mass is 31.2. The summed E-state index contributed by atoms with van der Waals surface area (Å²) >= 11 is 0. The maximum atomic E-state index is 12.0. The van der Waals surface area contributed by atoms with Crippen LogP contribution in [0, 0.1) is 0 Å². The van der Waals surface area contributed by atoms with E-state index in [-0.39, 0.29) is 12.5 Å². The summed E-state index contributed by atoms with van der Waals surface area (Å²) < 4.78 is 20.4. The molecule has 1 unspecified atom stereocenters. The van der Waals surface area contributed by atoms with Crippen molar-refractivity contribution < 1.29 is 38.3 Å². The molecule has 128 valence electrons. The average molecular weight is 340 g/mol. The van der Waals surface area contributed by atoms with Crippen molar-refractivity contribution in [2.45, 2.75) is 51.7 Å². The van der Waals surface area contributed by atoms with Gasteiger partial charge in [0.15, 0.2) is 0 Å². The molecule has 22 heavy (non-hydrogen) atoms. The zero-order valence-electron chi connectivity index (χ0n) is 12.5. The standard InChI is InChI=1S/C11H21N2O8P/c1-6(2)13(11(16)12-7(3)14)10-4-8(15)9(21-10)5-20-22(17,18)19/h6,8-10,15H,4-5H2,1-3H3,(H,12,14,16)(H2,17,18,19)/t8?,9-,10-/m1/s1. The van der Waals surface area contributed by atoms with Gasteiger partial charge in [0.1, 0.15) is 12.3 Å². The molecule has 1 rings (SSSR count). The molecule has 0 saturated carbocycles. The van der Waals surface area contributed by atoms with Crippen LogP contribution in [0.1, 0.15) is 27.2 Å². The van der Waals surface area contributed by atoms with Crippen molar-refractivity contribution in [3.05, 3.63) is 0 Å². The summed E-state index contributed by atoms with van der Waals surface area (Å²) in [6.07, 6.45) is -2.83. The number of nitrogens with one attached hydrogen (secondary N) is 1. The molecule has 4 N–H and O–H groups in total. The van der Waals surface area contributed by atoms with E-state index in [0.717, 1.165) is 0 Å². The third-order valence-electron chi connectivity index (χ3n) is 3.00. The Morgan fingerprint density at radius 2 is 2.05 bits per heavy atom. The number of aliphatic hydroxyl groups is 1.